The van der Waals surface area contributed by atoms with Crippen LogP contribution >= 0.6 is 0 Å². The Morgan fingerprint density at radius 2 is 1.62 bits per heavy atom. The Kier molecular flexibility index (Phi) is 2.61. The maximum Gasteiger partial charge on any atom is 0.139 e. The minimum atomic E-state index is 0.413. The van der Waals surface area contributed by atoms with Crippen LogP contribution in [0.25, 0.3) is 0 Å². The fourth-order valence-electron chi connectivity index (χ4n) is 6.18. The average Bonchev–Trinajstić information content (AvgIpc) is 3.18. The molecule has 0 spiro atoms. The zero-order valence-corrected chi connectivity index (χ0v) is 13.2. The Bertz CT molecular complexity index is 520. The lowest BCUT2D eigenvalue weighted by molar-refractivity contribution is -0.0112. The van der Waals surface area contributed by atoms with Crippen molar-refractivity contribution in [2.75, 3.05) is 0 Å². The topological polar surface area (TPSA) is 30.7 Å². The maximum atomic E-state index is 4.80. The second-order valence-corrected chi connectivity index (χ2v) is 8.49. The Balaban J connectivity index is 1.58. The third kappa shape index (κ3) is 1.85. The molecule has 0 atom stereocenters. The van der Waals surface area contributed by atoms with E-state index < -0.39 is 0 Å². The molecular formula is C18H27N3. The minimum absolute atomic E-state index is 0.413. The Labute approximate surface area is 127 Å². The zero-order chi connectivity index (χ0) is 14.0. The quantitative estimate of drug-likeness (QED) is 0.836. The molecule has 4 bridgehead atoms. The summed E-state index contributed by atoms with van der Waals surface area (Å²) in [5, 5.41) is 9.44. The van der Waals surface area contributed by atoms with Gasteiger partial charge in [0.05, 0.1) is 0 Å². The van der Waals surface area contributed by atoms with Gasteiger partial charge in [-0.1, -0.05) is 6.92 Å². The van der Waals surface area contributed by atoms with Gasteiger partial charge in [-0.3, -0.25) is 0 Å². The molecule has 1 aromatic heterocycles. The van der Waals surface area contributed by atoms with Crippen molar-refractivity contribution in [3.05, 3.63) is 11.6 Å². The molecular weight excluding hydrogens is 258 g/mol. The van der Waals surface area contributed by atoms with Gasteiger partial charge in [-0.15, -0.1) is 10.2 Å². The second kappa shape index (κ2) is 4.33. The van der Waals surface area contributed by atoms with Crippen LogP contribution in [-0.2, 0) is 11.8 Å². The third-order valence-corrected chi connectivity index (χ3v) is 6.66. The van der Waals surface area contributed by atoms with E-state index in [1.807, 2.05) is 0 Å². The normalized spacial score (nSPS) is 40.9. The molecule has 21 heavy (non-hydrogen) atoms. The Morgan fingerprint density at radius 1 is 1.00 bits per heavy atom. The first-order valence-electron chi connectivity index (χ1n) is 9.21. The molecule has 6 rings (SSSR count). The lowest BCUT2D eigenvalue weighted by atomic mass is 9.49. The molecule has 0 aliphatic heterocycles. The van der Waals surface area contributed by atoms with E-state index >= 15 is 0 Å². The molecule has 0 saturated heterocycles. The van der Waals surface area contributed by atoms with Crippen LogP contribution in [0.4, 0.5) is 0 Å². The van der Waals surface area contributed by atoms with Crippen LogP contribution in [0.2, 0.25) is 0 Å². The summed E-state index contributed by atoms with van der Waals surface area (Å²) in [6.45, 7) is 2.26. The molecule has 114 valence electrons. The summed E-state index contributed by atoms with van der Waals surface area (Å²) < 4.78 is 2.61. The van der Waals surface area contributed by atoms with Crippen molar-refractivity contribution < 1.29 is 0 Å². The second-order valence-electron chi connectivity index (χ2n) is 8.49. The number of hydrogen-bond acceptors (Lipinski definition) is 2. The molecule has 1 aromatic rings. The summed E-state index contributed by atoms with van der Waals surface area (Å²) in [6, 6.07) is 0.740. The highest BCUT2D eigenvalue weighted by molar-refractivity contribution is 5.20. The van der Waals surface area contributed by atoms with Crippen LogP contribution in [0.15, 0.2) is 0 Å². The third-order valence-electron chi connectivity index (χ3n) is 6.66. The van der Waals surface area contributed by atoms with Gasteiger partial charge in [0.2, 0.25) is 0 Å². The first-order valence-corrected chi connectivity index (χ1v) is 9.21. The van der Waals surface area contributed by atoms with Crippen molar-refractivity contribution in [2.24, 2.45) is 17.8 Å². The number of nitrogens with zero attached hydrogens (tertiary/aromatic N) is 3. The van der Waals surface area contributed by atoms with Gasteiger partial charge in [0.25, 0.3) is 0 Å². The van der Waals surface area contributed by atoms with Crippen LogP contribution in [0, 0.1) is 17.8 Å². The number of hydrogen-bond donors (Lipinski definition) is 0. The van der Waals surface area contributed by atoms with Gasteiger partial charge in [0.15, 0.2) is 0 Å². The van der Waals surface area contributed by atoms with Gasteiger partial charge in [-0.05, 0) is 75.5 Å². The highest BCUT2D eigenvalue weighted by atomic mass is 15.3. The highest BCUT2D eigenvalue weighted by Gasteiger charge is 2.54. The zero-order valence-electron chi connectivity index (χ0n) is 13.2. The average molecular weight is 285 g/mol. The first-order chi connectivity index (χ1) is 10.3. The van der Waals surface area contributed by atoms with Crippen molar-refractivity contribution in [1.29, 1.82) is 0 Å². The molecule has 0 N–H and O–H groups in total. The monoisotopic (exact) mass is 285 g/mol. The van der Waals surface area contributed by atoms with Crippen LogP contribution in [0.5, 0.6) is 0 Å². The van der Waals surface area contributed by atoms with E-state index in [1.165, 1.54) is 69.4 Å². The van der Waals surface area contributed by atoms with Gasteiger partial charge < -0.3 is 4.57 Å². The standard InChI is InChI=1S/C18H27N3/c1-2-3-16-19-20-17(21(16)15-4-5-15)18-9-12-6-13(10-18)8-14(7-12)11-18/h12-15H,2-11H2,1H3. The number of rotatable bonds is 4. The minimum Gasteiger partial charge on any atom is -0.311 e. The first kappa shape index (κ1) is 12.7. The lowest BCUT2D eigenvalue weighted by Crippen LogP contribution is -2.49. The summed E-state index contributed by atoms with van der Waals surface area (Å²) >= 11 is 0. The SMILES string of the molecule is CCCc1nnc(C23CC4CC(CC(C4)C2)C3)n1C1CC1. The van der Waals surface area contributed by atoms with Crippen LogP contribution in [-0.4, -0.2) is 14.8 Å². The van der Waals surface area contributed by atoms with E-state index in [0.29, 0.717) is 5.41 Å². The van der Waals surface area contributed by atoms with Crippen molar-refractivity contribution in [2.45, 2.75) is 82.6 Å². The molecule has 5 aliphatic rings. The summed E-state index contributed by atoms with van der Waals surface area (Å²) in [5.41, 5.74) is 0.413. The van der Waals surface area contributed by atoms with E-state index in [1.54, 1.807) is 0 Å². The summed E-state index contributed by atoms with van der Waals surface area (Å²) in [4.78, 5) is 0. The fraction of sp³-hybridized carbons (Fsp3) is 0.889. The summed E-state index contributed by atoms with van der Waals surface area (Å²) in [6.07, 6.45) is 13.8. The van der Waals surface area contributed by atoms with Crippen LogP contribution < -0.4 is 0 Å². The Hall–Kier alpha value is -0.860. The molecule has 0 radical (unpaired) electrons. The largest absolute Gasteiger partial charge is 0.311 e. The molecule has 5 fully saturated rings. The molecule has 0 unspecified atom stereocenters. The Morgan fingerprint density at radius 3 is 2.14 bits per heavy atom. The maximum absolute atomic E-state index is 4.80. The predicted octanol–water partition coefficient (Wildman–Crippen LogP) is 4.03. The highest BCUT2D eigenvalue weighted by Crippen LogP contribution is 2.61. The summed E-state index contributed by atoms with van der Waals surface area (Å²) in [7, 11) is 0. The molecule has 5 saturated carbocycles. The number of aryl methyl sites for hydroxylation is 1. The van der Waals surface area contributed by atoms with Crippen LogP contribution in [0.1, 0.15) is 82.4 Å². The van der Waals surface area contributed by atoms with E-state index in [9.17, 15) is 0 Å². The van der Waals surface area contributed by atoms with Gasteiger partial charge in [-0.25, -0.2) is 0 Å². The van der Waals surface area contributed by atoms with Crippen molar-refractivity contribution in [3.8, 4) is 0 Å². The molecule has 0 aromatic carbocycles. The predicted molar refractivity (Wildman–Crippen MR) is 82.1 cm³/mol. The van der Waals surface area contributed by atoms with Gasteiger partial charge in [-0.2, -0.15) is 0 Å². The van der Waals surface area contributed by atoms with Crippen molar-refractivity contribution in [1.82, 2.24) is 14.8 Å². The van der Waals surface area contributed by atoms with Gasteiger partial charge >= 0.3 is 0 Å². The summed E-state index contributed by atoms with van der Waals surface area (Å²) in [5.74, 6) is 5.68. The smallest absolute Gasteiger partial charge is 0.139 e. The van der Waals surface area contributed by atoms with E-state index in [2.05, 4.69) is 16.6 Å². The van der Waals surface area contributed by atoms with E-state index in [-0.39, 0.29) is 0 Å². The molecule has 3 nitrogen and oxygen atoms in total. The molecule has 1 heterocycles. The van der Waals surface area contributed by atoms with Gasteiger partial charge in [0, 0.05) is 17.9 Å². The van der Waals surface area contributed by atoms with Crippen molar-refractivity contribution in [3.63, 3.8) is 0 Å². The fourth-order valence-corrected chi connectivity index (χ4v) is 6.18. The number of aromatic nitrogens is 3. The molecule has 0 amide bonds. The van der Waals surface area contributed by atoms with Gasteiger partial charge in [0.1, 0.15) is 11.6 Å². The lowest BCUT2D eigenvalue weighted by Gasteiger charge is -2.56. The molecule has 5 aliphatic carbocycles. The molecule has 3 heteroatoms. The van der Waals surface area contributed by atoms with Crippen molar-refractivity contribution >= 4 is 0 Å². The van der Waals surface area contributed by atoms with E-state index in [0.717, 1.165) is 30.2 Å². The van der Waals surface area contributed by atoms with Crippen LogP contribution in [0.3, 0.4) is 0 Å². The van der Waals surface area contributed by atoms with E-state index in [4.69, 9.17) is 5.10 Å².